The molecule has 1 aliphatic heterocycles. The van der Waals surface area contributed by atoms with Crippen molar-refractivity contribution in [3.05, 3.63) is 53.6 Å². The SMILES string of the molecule is CCC(C(=O)NC(C)C)N(Cc1ccccc1C)C(=O)CN(c1ccc2c(c1)OCO2)S(C)(=O)=O. The van der Waals surface area contributed by atoms with Crippen LogP contribution in [0, 0.1) is 6.92 Å². The molecule has 0 spiro atoms. The summed E-state index contributed by atoms with van der Waals surface area (Å²) >= 11 is 0. The van der Waals surface area contributed by atoms with Gasteiger partial charge in [-0.15, -0.1) is 0 Å². The Labute approximate surface area is 207 Å². The first-order chi connectivity index (χ1) is 16.5. The summed E-state index contributed by atoms with van der Waals surface area (Å²) in [6.07, 6.45) is 1.42. The van der Waals surface area contributed by atoms with Crippen molar-refractivity contribution >= 4 is 27.5 Å². The summed E-state index contributed by atoms with van der Waals surface area (Å²) in [6.45, 7) is 7.22. The lowest BCUT2D eigenvalue weighted by molar-refractivity contribution is -0.140. The van der Waals surface area contributed by atoms with Gasteiger partial charge in [0, 0.05) is 18.7 Å². The maximum atomic E-state index is 13.7. The molecule has 0 fully saturated rings. The molecular formula is C25H33N3O6S. The molecule has 35 heavy (non-hydrogen) atoms. The second kappa shape index (κ2) is 11.0. The molecule has 0 bridgehead atoms. The van der Waals surface area contributed by atoms with Gasteiger partial charge in [0.15, 0.2) is 11.5 Å². The van der Waals surface area contributed by atoms with Crippen molar-refractivity contribution in [1.82, 2.24) is 10.2 Å². The Morgan fingerprint density at radius 1 is 1.09 bits per heavy atom. The van der Waals surface area contributed by atoms with Gasteiger partial charge in [-0.25, -0.2) is 8.42 Å². The molecule has 1 unspecified atom stereocenters. The van der Waals surface area contributed by atoms with Crippen molar-refractivity contribution in [1.29, 1.82) is 0 Å². The summed E-state index contributed by atoms with van der Waals surface area (Å²) < 4.78 is 37.2. The van der Waals surface area contributed by atoms with Gasteiger partial charge >= 0.3 is 0 Å². The number of hydrogen-bond acceptors (Lipinski definition) is 6. The van der Waals surface area contributed by atoms with E-state index in [0.717, 1.165) is 21.7 Å². The molecule has 0 saturated carbocycles. The third-order valence-electron chi connectivity index (χ3n) is 5.74. The van der Waals surface area contributed by atoms with Gasteiger partial charge in [0.1, 0.15) is 12.6 Å². The molecule has 10 heteroatoms. The molecule has 2 aromatic carbocycles. The van der Waals surface area contributed by atoms with E-state index in [1.54, 1.807) is 12.1 Å². The topological polar surface area (TPSA) is 105 Å². The van der Waals surface area contributed by atoms with E-state index < -0.39 is 28.5 Å². The number of aryl methyl sites for hydroxylation is 1. The predicted molar refractivity (Wildman–Crippen MR) is 134 cm³/mol. The number of hydrogen-bond donors (Lipinski definition) is 1. The lowest BCUT2D eigenvalue weighted by Crippen LogP contribution is -2.53. The molecule has 9 nitrogen and oxygen atoms in total. The number of nitrogens with one attached hydrogen (secondary N) is 1. The van der Waals surface area contributed by atoms with Gasteiger partial charge in [0.2, 0.25) is 28.6 Å². The van der Waals surface area contributed by atoms with Gasteiger partial charge in [-0.05, 0) is 50.5 Å². The molecule has 1 atom stereocenters. The Morgan fingerprint density at radius 2 is 1.77 bits per heavy atom. The normalized spacial score (nSPS) is 13.4. The summed E-state index contributed by atoms with van der Waals surface area (Å²) in [7, 11) is -3.83. The van der Waals surface area contributed by atoms with Gasteiger partial charge in [-0.2, -0.15) is 0 Å². The highest BCUT2D eigenvalue weighted by Crippen LogP contribution is 2.36. The second-order valence-electron chi connectivity index (χ2n) is 8.84. The van der Waals surface area contributed by atoms with E-state index >= 15 is 0 Å². The number of carbonyl (C=O) groups excluding carboxylic acids is 2. The van der Waals surface area contributed by atoms with Crippen molar-refractivity contribution in [3.8, 4) is 11.5 Å². The Kier molecular flexibility index (Phi) is 8.26. The quantitative estimate of drug-likeness (QED) is 0.535. The van der Waals surface area contributed by atoms with Crippen LogP contribution in [-0.2, 0) is 26.2 Å². The van der Waals surface area contributed by atoms with Crippen LogP contribution in [0.4, 0.5) is 5.69 Å². The van der Waals surface area contributed by atoms with Crippen LogP contribution in [-0.4, -0.2) is 56.8 Å². The fraction of sp³-hybridized carbons (Fsp3) is 0.440. The molecule has 0 radical (unpaired) electrons. The van der Waals surface area contributed by atoms with Gasteiger partial charge in [0.05, 0.1) is 11.9 Å². The molecule has 3 rings (SSSR count). The van der Waals surface area contributed by atoms with Crippen molar-refractivity contribution in [2.24, 2.45) is 0 Å². The first-order valence-electron chi connectivity index (χ1n) is 11.5. The van der Waals surface area contributed by atoms with E-state index in [1.165, 1.54) is 11.0 Å². The Morgan fingerprint density at radius 3 is 2.40 bits per heavy atom. The van der Waals surface area contributed by atoms with Crippen LogP contribution in [0.2, 0.25) is 0 Å². The number of amides is 2. The maximum Gasteiger partial charge on any atom is 0.244 e. The molecular weight excluding hydrogens is 470 g/mol. The zero-order valence-corrected chi connectivity index (χ0v) is 21.6. The van der Waals surface area contributed by atoms with Crippen molar-refractivity contribution in [3.63, 3.8) is 0 Å². The van der Waals surface area contributed by atoms with Gasteiger partial charge in [-0.1, -0.05) is 31.2 Å². The van der Waals surface area contributed by atoms with Crippen LogP contribution in [0.25, 0.3) is 0 Å². The zero-order chi connectivity index (χ0) is 25.8. The highest BCUT2D eigenvalue weighted by atomic mass is 32.2. The number of nitrogens with zero attached hydrogens (tertiary/aromatic N) is 2. The fourth-order valence-electron chi connectivity index (χ4n) is 3.93. The van der Waals surface area contributed by atoms with E-state index in [2.05, 4.69) is 5.32 Å². The summed E-state index contributed by atoms with van der Waals surface area (Å²) in [5.41, 5.74) is 2.13. The van der Waals surface area contributed by atoms with E-state index in [0.29, 0.717) is 17.9 Å². The number of rotatable bonds is 10. The largest absolute Gasteiger partial charge is 0.454 e. The first-order valence-corrected chi connectivity index (χ1v) is 13.4. The minimum absolute atomic E-state index is 0.0456. The Hall–Kier alpha value is -3.27. The highest BCUT2D eigenvalue weighted by Gasteiger charge is 2.32. The van der Waals surface area contributed by atoms with Crippen LogP contribution in [0.3, 0.4) is 0 Å². The number of fused-ring (bicyclic) bond motifs is 1. The zero-order valence-electron chi connectivity index (χ0n) is 20.8. The standard InChI is InChI=1S/C25H33N3O6S/c1-6-21(25(30)26-17(2)3)27(14-19-10-8-7-9-18(19)4)24(29)15-28(35(5,31)32)20-11-12-22-23(13-20)34-16-33-22/h7-13,17,21H,6,14-16H2,1-5H3,(H,26,30). The number of anilines is 1. The van der Waals surface area contributed by atoms with Gasteiger partial charge in [0.25, 0.3) is 0 Å². The Balaban J connectivity index is 1.96. The third-order valence-corrected chi connectivity index (χ3v) is 6.88. The number of benzene rings is 2. The third kappa shape index (κ3) is 6.45. The number of sulfonamides is 1. The van der Waals surface area contributed by atoms with Crippen molar-refractivity contribution < 1.29 is 27.5 Å². The van der Waals surface area contributed by atoms with E-state index in [4.69, 9.17) is 9.47 Å². The minimum atomic E-state index is -3.83. The monoisotopic (exact) mass is 503 g/mol. The summed E-state index contributed by atoms with van der Waals surface area (Å²) in [5.74, 6) is 0.148. The summed E-state index contributed by atoms with van der Waals surface area (Å²) in [5, 5.41) is 2.88. The van der Waals surface area contributed by atoms with Crippen LogP contribution in [0.1, 0.15) is 38.3 Å². The average Bonchev–Trinajstić information content (AvgIpc) is 3.25. The molecule has 1 heterocycles. The fourth-order valence-corrected chi connectivity index (χ4v) is 4.77. The van der Waals surface area contributed by atoms with Crippen LogP contribution < -0.4 is 19.1 Å². The molecule has 190 valence electrons. The molecule has 2 amide bonds. The average molecular weight is 504 g/mol. The van der Waals surface area contributed by atoms with Crippen molar-refractivity contribution in [2.45, 2.75) is 52.7 Å². The summed E-state index contributed by atoms with van der Waals surface area (Å²) in [6, 6.07) is 11.4. The molecule has 1 aliphatic rings. The van der Waals surface area contributed by atoms with Gasteiger partial charge in [-0.3, -0.25) is 13.9 Å². The van der Waals surface area contributed by atoms with Crippen molar-refractivity contribution in [2.75, 3.05) is 23.9 Å². The summed E-state index contributed by atoms with van der Waals surface area (Å²) in [4.78, 5) is 28.2. The van der Waals surface area contributed by atoms with Crippen LogP contribution >= 0.6 is 0 Å². The number of carbonyl (C=O) groups is 2. The van der Waals surface area contributed by atoms with E-state index in [-0.39, 0.29) is 31.0 Å². The van der Waals surface area contributed by atoms with Crippen LogP contribution in [0.5, 0.6) is 11.5 Å². The molecule has 2 aromatic rings. The van der Waals surface area contributed by atoms with Gasteiger partial charge < -0.3 is 19.7 Å². The maximum absolute atomic E-state index is 13.7. The minimum Gasteiger partial charge on any atom is -0.454 e. The molecule has 0 saturated heterocycles. The molecule has 0 aliphatic carbocycles. The first kappa shape index (κ1) is 26.3. The smallest absolute Gasteiger partial charge is 0.244 e. The molecule has 0 aromatic heterocycles. The second-order valence-corrected chi connectivity index (χ2v) is 10.7. The van der Waals surface area contributed by atoms with E-state index in [1.807, 2.05) is 52.0 Å². The van der Waals surface area contributed by atoms with E-state index in [9.17, 15) is 18.0 Å². The predicted octanol–water partition coefficient (Wildman–Crippen LogP) is 2.82. The van der Waals surface area contributed by atoms with Crippen LogP contribution in [0.15, 0.2) is 42.5 Å². The highest BCUT2D eigenvalue weighted by molar-refractivity contribution is 7.92. The molecule has 1 N–H and O–H groups in total. The lowest BCUT2D eigenvalue weighted by atomic mass is 10.1. The number of ether oxygens (including phenoxy) is 2. The Bertz CT molecular complexity index is 1180. The lowest BCUT2D eigenvalue weighted by Gasteiger charge is -2.33.